The van der Waals surface area contributed by atoms with Crippen LogP contribution in [0.1, 0.15) is 32.6 Å². The van der Waals surface area contributed by atoms with Gasteiger partial charge in [-0.25, -0.2) is 4.79 Å². The van der Waals surface area contributed by atoms with Crippen LogP contribution in [0.3, 0.4) is 0 Å². The van der Waals surface area contributed by atoms with Crippen LogP contribution in [0, 0.1) is 0 Å². The molecular formula is C23H22O4. The highest BCUT2D eigenvalue weighted by atomic mass is 16.4. The topological polar surface area (TPSA) is 77.8 Å². The quantitative estimate of drug-likeness (QED) is 0.583. The summed E-state index contributed by atoms with van der Waals surface area (Å²) in [7, 11) is 0. The van der Waals surface area contributed by atoms with E-state index < -0.39 is 5.97 Å². The van der Waals surface area contributed by atoms with Crippen molar-refractivity contribution < 1.29 is 20.1 Å². The second kappa shape index (κ2) is 8.41. The van der Waals surface area contributed by atoms with Gasteiger partial charge in [0.1, 0.15) is 17.1 Å². The number of carboxylic acid groups (broad SMARTS) is 1. The molecule has 3 rings (SSSR count). The number of carbonyl (C=O) groups is 1. The zero-order chi connectivity index (χ0) is 19.2. The number of aromatic carboxylic acids is 1. The third kappa shape index (κ3) is 5.11. The van der Waals surface area contributed by atoms with Gasteiger partial charge >= 0.3 is 5.97 Å². The van der Waals surface area contributed by atoms with E-state index in [4.69, 9.17) is 5.11 Å². The minimum atomic E-state index is -1.12. The highest BCUT2D eigenvalue weighted by molar-refractivity contribution is 5.90. The summed E-state index contributed by atoms with van der Waals surface area (Å²) in [6.07, 6.45) is 3.43. The molecule has 4 nitrogen and oxygen atoms in total. The lowest BCUT2D eigenvalue weighted by molar-refractivity contribution is 0.0693. The van der Waals surface area contributed by atoms with E-state index in [1.54, 1.807) is 18.2 Å². The lowest BCUT2D eigenvalue weighted by Gasteiger charge is -2.07. The molecule has 0 bridgehead atoms. The SMILES string of the molecule is O=C(O)c1ccc(CCc2ccc(CCc3ccc(O)cc3)cc2)cc1O. The van der Waals surface area contributed by atoms with Crippen molar-refractivity contribution in [3.63, 3.8) is 0 Å². The number of rotatable bonds is 7. The third-order valence-electron chi connectivity index (χ3n) is 4.66. The lowest BCUT2D eigenvalue weighted by atomic mass is 9.99. The number of phenolic OH excluding ortho intramolecular Hbond substituents is 1. The van der Waals surface area contributed by atoms with E-state index in [1.165, 1.54) is 28.8 Å². The van der Waals surface area contributed by atoms with E-state index >= 15 is 0 Å². The van der Waals surface area contributed by atoms with E-state index in [1.807, 2.05) is 12.1 Å². The summed E-state index contributed by atoms with van der Waals surface area (Å²) in [5.74, 6) is -1.03. The summed E-state index contributed by atoms with van der Waals surface area (Å²) in [6, 6.07) is 20.5. The van der Waals surface area contributed by atoms with Crippen molar-refractivity contribution >= 4 is 5.97 Å². The minimum absolute atomic E-state index is 0.0725. The summed E-state index contributed by atoms with van der Waals surface area (Å²) in [6.45, 7) is 0. The molecule has 0 heterocycles. The number of aromatic hydroxyl groups is 2. The van der Waals surface area contributed by atoms with Crippen LogP contribution in [-0.2, 0) is 25.7 Å². The molecule has 138 valence electrons. The molecule has 0 saturated carbocycles. The Morgan fingerprint density at radius 3 is 1.48 bits per heavy atom. The molecule has 0 radical (unpaired) electrons. The first kappa shape index (κ1) is 18.5. The molecule has 3 aromatic carbocycles. The highest BCUT2D eigenvalue weighted by Crippen LogP contribution is 2.20. The summed E-state index contributed by atoms with van der Waals surface area (Å²) in [5.41, 5.74) is 4.49. The standard InChI is InChI=1S/C23H22O4/c24-20-12-9-18(10-13-20)6-5-16-1-3-17(4-2-16)7-8-19-11-14-21(23(26)27)22(25)15-19/h1-4,9-15,24-25H,5-8H2,(H,26,27). The molecule has 0 aliphatic carbocycles. The van der Waals surface area contributed by atoms with Crippen LogP contribution in [0.2, 0.25) is 0 Å². The molecule has 0 aromatic heterocycles. The zero-order valence-corrected chi connectivity index (χ0v) is 14.9. The second-order valence-corrected chi connectivity index (χ2v) is 6.64. The maximum atomic E-state index is 10.9. The number of hydrogen-bond donors (Lipinski definition) is 3. The first-order valence-electron chi connectivity index (χ1n) is 8.92. The van der Waals surface area contributed by atoms with Crippen LogP contribution in [0.25, 0.3) is 0 Å². The predicted octanol–water partition coefficient (Wildman–Crippen LogP) is 4.37. The Morgan fingerprint density at radius 2 is 1.04 bits per heavy atom. The van der Waals surface area contributed by atoms with E-state index in [0.717, 1.165) is 31.2 Å². The second-order valence-electron chi connectivity index (χ2n) is 6.64. The van der Waals surface area contributed by atoms with Crippen LogP contribution in [0.5, 0.6) is 11.5 Å². The smallest absolute Gasteiger partial charge is 0.339 e. The number of aryl methyl sites for hydroxylation is 4. The lowest BCUT2D eigenvalue weighted by Crippen LogP contribution is -1.98. The van der Waals surface area contributed by atoms with Crippen molar-refractivity contribution in [2.45, 2.75) is 25.7 Å². The van der Waals surface area contributed by atoms with Crippen molar-refractivity contribution in [3.05, 3.63) is 94.5 Å². The zero-order valence-electron chi connectivity index (χ0n) is 14.9. The molecule has 27 heavy (non-hydrogen) atoms. The molecular weight excluding hydrogens is 340 g/mol. The van der Waals surface area contributed by atoms with E-state index in [2.05, 4.69) is 24.3 Å². The molecule has 0 amide bonds. The van der Waals surface area contributed by atoms with E-state index in [9.17, 15) is 15.0 Å². The Labute approximate surface area is 158 Å². The number of phenols is 2. The number of carboxylic acids is 1. The van der Waals surface area contributed by atoms with Crippen molar-refractivity contribution in [2.24, 2.45) is 0 Å². The van der Waals surface area contributed by atoms with Crippen molar-refractivity contribution in [3.8, 4) is 11.5 Å². The Bertz CT molecular complexity index is 912. The first-order valence-corrected chi connectivity index (χ1v) is 8.92. The summed E-state index contributed by atoms with van der Waals surface area (Å²) >= 11 is 0. The maximum Gasteiger partial charge on any atom is 0.339 e. The van der Waals surface area contributed by atoms with Crippen LogP contribution < -0.4 is 0 Å². The predicted molar refractivity (Wildman–Crippen MR) is 104 cm³/mol. The average Bonchev–Trinajstić information content (AvgIpc) is 2.66. The van der Waals surface area contributed by atoms with Gasteiger partial charge in [0.2, 0.25) is 0 Å². The Kier molecular flexibility index (Phi) is 5.77. The molecule has 0 aliphatic heterocycles. The van der Waals surface area contributed by atoms with Gasteiger partial charge in [-0.2, -0.15) is 0 Å². The number of hydrogen-bond acceptors (Lipinski definition) is 3. The molecule has 0 atom stereocenters. The average molecular weight is 362 g/mol. The van der Waals surface area contributed by atoms with Gasteiger partial charge in [0.05, 0.1) is 0 Å². The van der Waals surface area contributed by atoms with Gasteiger partial charge in [0.15, 0.2) is 0 Å². The maximum absolute atomic E-state index is 10.9. The van der Waals surface area contributed by atoms with Gasteiger partial charge < -0.3 is 15.3 Å². The molecule has 0 saturated heterocycles. The summed E-state index contributed by atoms with van der Waals surface area (Å²) < 4.78 is 0. The van der Waals surface area contributed by atoms with Gasteiger partial charge in [-0.3, -0.25) is 0 Å². The summed E-state index contributed by atoms with van der Waals surface area (Å²) in [4.78, 5) is 10.9. The van der Waals surface area contributed by atoms with Crippen molar-refractivity contribution in [1.82, 2.24) is 0 Å². The van der Waals surface area contributed by atoms with Crippen molar-refractivity contribution in [1.29, 1.82) is 0 Å². The van der Waals surface area contributed by atoms with Crippen molar-refractivity contribution in [2.75, 3.05) is 0 Å². The fourth-order valence-electron chi connectivity index (χ4n) is 3.03. The number of benzene rings is 3. The monoisotopic (exact) mass is 362 g/mol. The molecule has 0 fully saturated rings. The Balaban J connectivity index is 1.54. The van der Waals surface area contributed by atoms with Crippen LogP contribution in [0.15, 0.2) is 66.7 Å². The molecule has 3 aromatic rings. The van der Waals surface area contributed by atoms with Crippen LogP contribution in [0.4, 0.5) is 0 Å². The van der Waals surface area contributed by atoms with Gasteiger partial charge in [-0.1, -0.05) is 42.5 Å². The minimum Gasteiger partial charge on any atom is -0.508 e. The van der Waals surface area contributed by atoms with E-state index in [-0.39, 0.29) is 17.1 Å². The molecule has 3 N–H and O–H groups in total. The molecule has 4 heteroatoms. The fraction of sp³-hybridized carbons (Fsp3) is 0.174. The summed E-state index contributed by atoms with van der Waals surface area (Å²) in [5, 5.41) is 28.0. The van der Waals surface area contributed by atoms with Crippen LogP contribution >= 0.6 is 0 Å². The molecule has 0 aliphatic rings. The highest BCUT2D eigenvalue weighted by Gasteiger charge is 2.09. The van der Waals surface area contributed by atoms with Gasteiger partial charge in [-0.05, 0) is 72.2 Å². The van der Waals surface area contributed by atoms with Gasteiger partial charge in [0, 0.05) is 0 Å². The normalized spacial score (nSPS) is 10.7. The third-order valence-corrected chi connectivity index (χ3v) is 4.66. The van der Waals surface area contributed by atoms with Crippen LogP contribution in [-0.4, -0.2) is 21.3 Å². The van der Waals surface area contributed by atoms with E-state index in [0.29, 0.717) is 0 Å². The Morgan fingerprint density at radius 1 is 0.630 bits per heavy atom. The molecule has 0 spiro atoms. The first-order chi connectivity index (χ1) is 13.0. The fourth-order valence-corrected chi connectivity index (χ4v) is 3.03. The Hall–Kier alpha value is -3.27. The largest absolute Gasteiger partial charge is 0.508 e. The van der Waals surface area contributed by atoms with Gasteiger partial charge in [-0.15, -0.1) is 0 Å². The molecule has 0 unspecified atom stereocenters. The van der Waals surface area contributed by atoms with Gasteiger partial charge in [0.25, 0.3) is 0 Å².